The van der Waals surface area contributed by atoms with Crippen molar-refractivity contribution in [3.8, 4) is 0 Å². The molecule has 2 aromatic carbocycles. The highest BCUT2D eigenvalue weighted by Crippen LogP contribution is 2.29. The van der Waals surface area contributed by atoms with Crippen molar-refractivity contribution in [2.45, 2.75) is 0 Å². The normalized spacial score (nSPS) is 13.1. The number of amides is 4. The quantitative estimate of drug-likeness (QED) is 0.809. The molecule has 0 aromatic heterocycles. The summed E-state index contributed by atoms with van der Waals surface area (Å²) in [6.07, 6.45) is 0. The Kier molecular flexibility index (Phi) is 3.18. The van der Waals surface area contributed by atoms with E-state index in [1.807, 2.05) is 0 Å². The lowest BCUT2D eigenvalue weighted by Crippen LogP contribution is -2.30. The molecule has 0 unspecified atom stereocenters. The third-order valence-corrected chi connectivity index (χ3v) is 3.54. The number of nitrogens with zero attached hydrogens (tertiary/aromatic N) is 1. The van der Waals surface area contributed by atoms with E-state index in [1.54, 1.807) is 12.1 Å². The van der Waals surface area contributed by atoms with Gasteiger partial charge in [-0.3, -0.25) is 19.2 Å². The first-order valence-corrected chi connectivity index (χ1v) is 6.62. The summed E-state index contributed by atoms with van der Waals surface area (Å²) in [5, 5.41) is 0. The lowest BCUT2D eigenvalue weighted by molar-refractivity contribution is 0.0920. The summed E-state index contributed by atoms with van der Waals surface area (Å²) in [4.78, 5) is 48.6. The van der Waals surface area contributed by atoms with Crippen molar-refractivity contribution in [2.24, 2.45) is 11.5 Å². The van der Waals surface area contributed by atoms with Crippen LogP contribution in [0, 0.1) is 0 Å². The van der Waals surface area contributed by atoms with E-state index in [0.717, 1.165) is 4.90 Å². The maximum absolute atomic E-state index is 12.4. The van der Waals surface area contributed by atoms with Gasteiger partial charge in [0.25, 0.3) is 11.8 Å². The Bertz CT molecular complexity index is 821. The summed E-state index contributed by atoms with van der Waals surface area (Å²) in [5.74, 6) is -2.68. The molecule has 0 bridgehead atoms. The third-order valence-electron chi connectivity index (χ3n) is 3.54. The predicted molar refractivity (Wildman–Crippen MR) is 81.1 cm³/mol. The molecule has 0 atom stereocenters. The van der Waals surface area contributed by atoms with E-state index in [9.17, 15) is 19.2 Å². The molecule has 7 heteroatoms. The smallest absolute Gasteiger partial charge is 0.266 e. The lowest BCUT2D eigenvalue weighted by Gasteiger charge is -2.15. The number of benzene rings is 2. The number of imide groups is 1. The monoisotopic (exact) mass is 309 g/mol. The van der Waals surface area contributed by atoms with E-state index in [2.05, 4.69) is 0 Å². The molecule has 0 aliphatic carbocycles. The van der Waals surface area contributed by atoms with E-state index in [4.69, 9.17) is 11.5 Å². The molecule has 4 amide bonds. The summed E-state index contributed by atoms with van der Waals surface area (Å²) in [6, 6.07) is 10.1. The van der Waals surface area contributed by atoms with Gasteiger partial charge in [-0.2, -0.15) is 0 Å². The Labute approximate surface area is 130 Å². The molecule has 2 aromatic rings. The van der Waals surface area contributed by atoms with Crippen LogP contribution in [0.5, 0.6) is 0 Å². The number of nitrogens with two attached hydrogens (primary N) is 2. The minimum atomic E-state index is -0.800. The molecular weight excluding hydrogens is 298 g/mol. The first-order chi connectivity index (χ1) is 10.9. The second kappa shape index (κ2) is 5.06. The Balaban J connectivity index is 2.16. The fourth-order valence-electron chi connectivity index (χ4n) is 2.45. The van der Waals surface area contributed by atoms with Crippen LogP contribution in [-0.4, -0.2) is 23.6 Å². The Morgan fingerprint density at radius 2 is 1.22 bits per heavy atom. The Morgan fingerprint density at radius 1 is 0.783 bits per heavy atom. The number of anilines is 1. The molecule has 1 heterocycles. The van der Waals surface area contributed by atoms with Crippen LogP contribution < -0.4 is 16.4 Å². The number of primary amides is 2. The minimum absolute atomic E-state index is 0.0205. The van der Waals surface area contributed by atoms with Crippen LogP contribution >= 0.6 is 0 Å². The predicted octanol–water partition coefficient (Wildman–Crippen LogP) is 0.685. The highest BCUT2D eigenvalue weighted by Gasteiger charge is 2.36. The van der Waals surface area contributed by atoms with Crippen LogP contribution in [0.2, 0.25) is 0 Å². The van der Waals surface area contributed by atoms with Crippen LogP contribution in [0.25, 0.3) is 0 Å². The van der Waals surface area contributed by atoms with Gasteiger partial charge in [-0.1, -0.05) is 12.1 Å². The van der Waals surface area contributed by atoms with E-state index >= 15 is 0 Å². The summed E-state index contributed by atoms with van der Waals surface area (Å²) in [7, 11) is 0. The van der Waals surface area contributed by atoms with Crippen molar-refractivity contribution in [2.75, 3.05) is 4.90 Å². The fraction of sp³-hybridized carbons (Fsp3) is 0. The third kappa shape index (κ3) is 2.24. The van der Waals surface area contributed by atoms with Crippen LogP contribution in [0.3, 0.4) is 0 Å². The van der Waals surface area contributed by atoms with Gasteiger partial charge in [0.05, 0.1) is 16.8 Å². The van der Waals surface area contributed by atoms with Crippen molar-refractivity contribution in [3.63, 3.8) is 0 Å². The van der Waals surface area contributed by atoms with Crippen LogP contribution in [0.4, 0.5) is 5.69 Å². The van der Waals surface area contributed by atoms with Crippen molar-refractivity contribution in [1.82, 2.24) is 0 Å². The van der Waals surface area contributed by atoms with E-state index in [-0.39, 0.29) is 27.9 Å². The number of hydrogen-bond acceptors (Lipinski definition) is 4. The van der Waals surface area contributed by atoms with Crippen LogP contribution in [0.15, 0.2) is 42.5 Å². The number of hydrogen-bond donors (Lipinski definition) is 2. The average molecular weight is 309 g/mol. The van der Waals surface area contributed by atoms with Gasteiger partial charge in [0, 0.05) is 11.1 Å². The van der Waals surface area contributed by atoms with E-state index in [0.29, 0.717) is 0 Å². The zero-order valence-electron chi connectivity index (χ0n) is 11.8. The summed E-state index contributed by atoms with van der Waals surface area (Å²) in [5.41, 5.74) is 11.0. The number of carbonyl (C=O) groups is 4. The summed E-state index contributed by atoms with van der Waals surface area (Å²) < 4.78 is 0. The summed E-state index contributed by atoms with van der Waals surface area (Å²) in [6.45, 7) is 0. The van der Waals surface area contributed by atoms with Gasteiger partial charge in [-0.05, 0) is 30.3 Å². The van der Waals surface area contributed by atoms with E-state index in [1.165, 1.54) is 30.3 Å². The zero-order valence-corrected chi connectivity index (χ0v) is 11.8. The maximum atomic E-state index is 12.4. The topological polar surface area (TPSA) is 124 Å². The first-order valence-electron chi connectivity index (χ1n) is 6.62. The second-order valence-electron chi connectivity index (χ2n) is 4.99. The molecule has 114 valence electrons. The molecule has 0 spiro atoms. The molecule has 4 N–H and O–H groups in total. The largest absolute Gasteiger partial charge is 0.366 e. The highest BCUT2D eigenvalue weighted by molar-refractivity contribution is 6.34. The molecule has 3 rings (SSSR count). The van der Waals surface area contributed by atoms with Gasteiger partial charge in [0.15, 0.2) is 0 Å². The van der Waals surface area contributed by atoms with Crippen molar-refractivity contribution >= 4 is 29.3 Å². The number of rotatable bonds is 3. The van der Waals surface area contributed by atoms with Gasteiger partial charge >= 0.3 is 0 Å². The molecule has 7 nitrogen and oxygen atoms in total. The van der Waals surface area contributed by atoms with Gasteiger partial charge < -0.3 is 11.5 Å². The number of fused-ring (bicyclic) bond motifs is 1. The Hall–Kier alpha value is -3.48. The maximum Gasteiger partial charge on any atom is 0.266 e. The SMILES string of the molecule is NC(=O)c1cc(C(N)=O)cc(N2C(=O)c3ccccc3C2=O)c1. The molecule has 1 aliphatic heterocycles. The van der Waals surface area contributed by atoms with Crippen LogP contribution in [0.1, 0.15) is 41.4 Å². The molecular formula is C16H11N3O4. The molecule has 0 radical (unpaired) electrons. The lowest BCUT2D eigenvalue weighted by atomic mass is 10.1. The van der Waals surface area contributed by atoms with Crippen LogP contribution in [-0.2, 0) is 0 Å². The molecule has 1 aliphatic rings. The molecule has 0 saturated carbocycles. The molecule has 0 fully saturated rings. The second-order valence-corrected chi connectivity index (χ2v) is 4.99. The van der Waals surface area contributed by atoms with Gasteiger partial charge in [0.2, 0.25) is 11.8 Å². The zero-order chi connectivity index (χ0) is 16.7. The van der Waals surface area contributed by atoms with Crippen molar-refractivity contribution < 1.29 is 19.2 Å². The highest BCUT2D eigenvalue weighted by atomic mass is 16.2. The Morgan fingerprint density at radius 3 is 1.61 bits per heavy atom. The standard InChI is InChI=1S/C16H11N3O4/c17-13(20)8-5-9(14(18)21)7-10(6-8)19-15(22)11-3-1-2-4-12(11)16(19)23/h1-7H,(H2,17,20)(H2,18,21). The molecule has 23 heavy (non-hydrogen) atoms. The van der Waals surface area contributed by atoms with Crippen molar-refractivity contribution in [1.29, 1.82) is 0 Å². The molecule has 0 saturated heterocycles. The summed E-state index contributed by atoms with van der Waals surface area (Å²) >= 11 is 0. The fourth-order valence-corrected chi connectivity index (χ4v) is 2.45. The van der Waals surface area contributed by atoms with Gasteiger partial charge in [-0.25, -0.2) is 4.90 Å². The first kappa shape index (κ1) is 14.5. The van der Waals surface area contributed by atoms with E-state index < -0.39 is 23.6 Å². The van der Waals surface area contributed by atoms with Gasteiger partial charge in [-0.15, -0.1) is 0 Å². The minimum Gasteiger partial charge on any atom is -0.366 e. The van der Waals surface area contributed by atoms with Gasteiger partial charge in [0.1, 0.15) is 0 Å². The average Bonchev–Trinajstić information content (AvgIpc) is 2.79. The van der Waals surface area contributed by atoms with Crippen molar-refractivity contribution in [3.05, 3.63) is 64.7 Å². The number of carbonyl (C=O) groups excluding carboxylic acids is 4.